The first kappa shape index (κ1) is 15.9. The highest BCUT2D eigenvalue weighted by atomic mass is 16.4. The molecule has 0 saturated carbocycles. The number of hydrogen-bond acceptors (Lipinski definition) is 4. The minimum absolute atomic E-state index is 0.0562. The maximum Gasteiger partial charge on any atom is 0.317 e. The molecular weight excluding hydrogens is 262 g/mol. The van der Waals surface area contributed by atoms with Crippen molar-refractivity contribution in [3.8, 4) is 0 Å². The Bertz CT molecular complexity index is 421. The number of carboxylic acid groups (broad SMARTS) is 1. The Morgan fingerprint density at radius 3 is 2.85 bits per heavy atom. The first-order valence-electron chi connectivity index (χ1n) is 6.65. The molecule has 1 atom stereocenters. The lowest BCUT2D eigenvalue weighted by molar-refractivity contribution is -0.138. The van der Waals surface area contributed by atoms with Crippen molar-refractivity contribution < 1.29 is 14.7 Å². The van der Waals surface area contributed by atoms with Gasteiger partial charge in [0.25, 0.3) is 0 Å². The van der Waals surface area contributed by atoms with E-state index >= 15 is 0 Å². The van der Waals surface area contributed by atoms with Crippen molar-refractivity contribution >= 4 is 12.0 Å². The zero-order valence-corrected chi connectivity index (χ0v) is 11.8. The lowest BCUT2D eigenvalue weighted by Crippen LogP contribution is -2.45. The first-order chi connectivity index (χ1) is 9.54. The van der Waals surface area contributed by atoms with Gasteiger partial charge in [-0.2, -0.15) is 5.10 Å². The topological polar surface area (TPSA) is 111 Å². The fourth-order valence-corrected chi connectivity index (χ4v) is 1.92. The van der Waals surface area contributed by atoms with Crippen molar-refractivity contribution in [2.45, 2.75) is 39.2 Å². The molecule has 112 valence electrons. The van der Waals surface area contributed by atoms with Crippen LogP contribution in [-0.4, -0.2) is 56.3 Å². The molecule has 0 aliphatic rings. The van der Waals surface area contributed by atoms with Crippen LogP contribution in [-0.2, 0) is 11.2 Å². The second-order valence-corrected chi connectivity index (χ2v) is 4.50. The molecule has 2 amide bonds. The number of urea groups is 1. The molecule has 20 heavy (non-hydrogen) atoms. The normalized spacial score (nSPS) is 11.9. The number of nitrogens with one attached hydrogen (secondary N) is 2. The third-order valence-corrected chi connectivity index (χ3v) is 2.94. The highest BCUT2D eigenvalue weighted by molar-refractivity contribution is 5.75. The summed E-state index contributed by atoms with van der Waals surface area (Å²) < 4.78 is 0. The van der Waals surface area contributed by atoms with Crippen LogP contribution in [0.1, 0.15) is 32.5 Å². The van der Waals surface area contributed by atoms with Crippen LogP contribution in [0.25, 0.3) is 0 Å². The summed E-state index contributed by atoms with van der Waals surface area (Å²) in [4.78, 5) is 28.1. The van der Waals surface area contributed by atoms with E-state index in [1.807, 2.05) is 6.92 Å². The molecule has 8 heteroatoms. The van der Waals surface area contributed by atoms with Gasteiger partial charge in [0.2, 0.25) is 0 Å². The van der Waals surface area contributed by atoms with Gasteiger partial charge in [0, 0.05) is 25.6 Å². The number of carbonyl (C=O) groups is 2. The molecule has 1 rings (SSSR count). The van der Waals surface area contributed by atoms with E-state index in [1.54, 1.807) is 6.92 Å². The SMILES string of the molecule is CCN(C(=O)NCCCc1ncn[nH]1)C(C)CC(=O)O. The molecule has 1 aromatic heterocycles. The van der Waals surface area contributed by atoms with Gasteiger partial charge in [0.05, 0.1) is 6.42 Å². The van der Waals surface area contributed by atoms with Gasteiger partial charge in [-0.25, -0.2) is 9.78 Å². The predicted octanol–water partition coefficient (Wildman–Crippen LogP) is 0.632. The third kappa shape index (κ3) is 5.25. The summed E-state index contributed by atoms with van der Waals surface area (Å²) >= 11 is 0. The quantitative estimate of drug-likeness (QED) is 0.606. The molecule has 0 bridgehead atoms. The van der Waals surface area contributed by atoms with E-state index in [0.29, 0.717) is 19.5 Å². The molecule has 8 nitrogen and oxygen atoms in total. The van der Waals surface area contributed by atoms with E-state index in [2.05, 4.69) is 20.5 Å². The molecular formula is C12H21N5O3. The molecule has 1 heterocycles. The largest absolute Gasteiger partial charge is 0.481 e. The van der Waals surface area contributed by atoms with Crippen LogP contribution in [0.15, 0.2) is 6.33 Å². The number of amides is 2. The van der Waals surface area contributed by atoms with Crippen molar-refractivity contribution in [2.24, 2.45) is 0 Å². The van der Waals surface area contributed by atoms with Crippen LogP contribution in [0.4, 0.5) is 4.79 Å². The molecule has 0 aliphatic heterocycles. The number of rotatable bonds is 8. The van der Waals surface area contributed by atoms with Crippen LogP contribution < -0.4 is 5.32 Å². The van der Waals surface area contributed by atoms with Crippen molar-refractivity contribution in [3.63, 3.8) is 0 Å². The molecule has 3 N–H and O–H groups in total. The van der Waals surface area contributed by atoms with Crippen LogP contribution in [0.2, 0.25) is 0 Å². The average molecular weight is 283 g/mol. The number of hydrogen-bond donors (Lipinski definition) is 3. The van der Waals surface area contributed by atoms with Gasteiger partial charge >= 0.3 is 12.0 Å². The molecule has 0 fully saturated rings. The Morgan fingerprint density at radius 1 is 1.55 bits per heavy atom. The monoisotopic (exact) mass is 283 g/mol. The van der Waals surface area contributed by atoms with Crippen LogP contribution in [0.5, 0.6) is 0 Å². The van der Waals surface area contributed by atoms with E-state index in [-0.39, 0.29) is 18.5 Å². The standard InChI is InChI=1S/C12H21N5O3/c1-3-17(9(2)7-11(18)19)12(20)13-6-4-5-10-14-8-15-16-10/h8-9H,3-7H2,1-2H3,(H,13,20)(H,18,19)(H,14,15,16). The van der Waals surface area contributed by atoms with Gasteiger partial charge in [-0.3, -0.25) is 9.89 Å². The summed E-state index contributed by atoms with van der Waals surface area (Å²) in [5.41, 5.74) is 0. The van der Waals surface area contributed by atoms with Gasteiger partial charge in [0.15, 0.2) is 0 Å². The van der Waals surface area contributed by atoms with Crippen molar-refractivity contribution in [1.82, 2.24) is 25.4 Å². The van der Waals surface area contributed by atoms with Crippen molar-refractivity contribution in [3.05, 3.63) is 12.2 Å². The smallest absolute Gasteiger partial charge is 0.317 e. The molecule has 1 unspecified atom stereocenters. The third-order valence-electron chi connectivity index (χ3n) is 2.94. The summed E-state index contributed by atoms with van der Waals surface area (Å²) in [7, 11) is 0. The Morgan fingerprint density at radius 2 is 2.30 bits per heavy atom. The number of aromatic nitrogens is 3. The zero-order chi connectivity index (χ0) is 15.0. The number of aliphatic carboxylic acids is 1. The van der Waals surface area contributed by atoms with Gasteiger partial charge < -0.3 is 15.3 Å². The van der Waals surface area contributed by atoms with E-state index in [9.17, 15) is 9.59 Å². The number of carbonyl (C=O) groups excluding carboxylic acids is 1. The molecule has 0 radical (unpaired) electrons. The van der Waals surface area contributed by atoms with E-state index in [4.69, 9.17) is 5.11 Å². The fourth-order valence-electron chi connectivity index (χ4n) is 1.92. The number of nitrogens with zero attached hydrogens (tertiary/aromatic N) is 3. The average Bonchev–Trinajstić information content (AvgIpc) is 2.87. The molecule has 0 aromatic carbocycles. The molecule has 0 saturated heterocycles. The highest BCUT2D eigenvalue weighted by Crippen LogP contribution is 2.04. The number of H-pyrrole nitrogens is 1. The number of aromatic amines is 1. The lowest BCUT2D eigenvalue weighted by Gasteiger charge is -2.27. The zero-order valence-electron chi connectivity index (χ0n) is 11.8. The summed E-state index contributed by atoms with van der Waals surface area (Å²) in [5.74, 6) is -0.125. The number of carboxylic acids is 1. The molecule has 0 aliphatic carbocycles. The Hall–Kier alpha value is -2.12. The summed E-state index contributed by atoms with van der Waals surface area (Å²) in [6.45, 7) is 4.54. The molecule has 0 spiro atoms. The first-order valence-corrected chi connectivity index (χ1v) is 6.65. The van der Waals surface area contributed by atoms with E-state index in [0.717, 1.165) is 12.2 Å². The second kappa shape index (κ2) is 8.13. The van der Waals surface area contributed by atoms with E-state index in [1.165, 1.54) is 11.2 Å². The van der Waals surface area contributed by atoms with Gasteiger partial charge in [-0.1, -0.05) is 0 Å². The highest BCUT2D eigenvalue weighted by Gasteiger charge is 2.20. The Kier molecular flexibility index (Phi) is 6.48. The van der Waals surface area contributed by atoms with Crippen LogP contribution in [0, 0.1) is 0 Å². The minimum Gasteiger partial charge on any atom is -0.481 e. The summed E-state index contributed by atoms with van der Waals surface area (Å²) in [6.07, 6.45) is 2.84. The fraction of sp³-hybridized carbons (Fsp3) is 0.667. The minimum atomic E-state index is -0.908. The second-order valence-electron chi connectivity index (χ2n) is 4.50. The molecule has 1 aromatic rings. The van der Waals surface area contributed by atoms with Gasteiger partial charge in [-0.15, -0.1) is 0 Å². The summed E-state index contributed by atoms with van der Waals surface area (Å²) in [5, 5.41) is 18.0. The van der Waals surface area contributed by atoms with Crippen molar-refractivity contribution in [1.29, 1.82) is 0 Å². The Labute approximate surface area is 117 Å². The van der Waals surface area contributed by atoms with Gasteiger partial charge in [-0.05, 0) is 20.3 Å². The number of aryl methyl sites for hydroxylation is 1. The lowest BCUT2D eigenvalue weighted by atomic mass is 10.2. The predicted molar refractivity (Wildman–Crippen MR) is 72.2 cm³/mol. The maximum atomic E-state index is 11.9. The summed E-state index contributed by atoms with van der Waals surface area (Å²) in [6, 6.07) is -0.564. The van der Waals surface area contributed by atoms with E-state index < -0.39 is 5.97 Å². The van der Waals surface area contributed by atoms with Crippen molar-refractivity contribution in [2.75, 3.05) is 13.1 Å². The van der Waals surface area contributed by atoms with Crippen LogP contribution >= 0.6 is 0 Å². The van der Waals surface area contributed by atoms with Gasteiger partial charge in [0.1, 0.15) is 12.2 Å². The maximum absolute atomic E-state index is 11.9. The Balaban J connectivity index is 2.30. The van der Waals surface area contributed by atoms with Crippen LogP contribution in [0.3, 0.4) is 0 Å².